The van der Waals surface area contributed by atoms with Crippen LogP contribution in [-0.4, -0.2) is 34.9 Å². The zero-order chi connectivity index (χ0) is 19.2. The van der Waals surface area contributed by atoms with Crippen LogP contribution in [0.5, 0.6) is 0 Å². The number of halogens is 2. The van der Waals surface area contributed by atoms with Gasteiger partial charge in [-0.25, -0.2) is 4.39 Å². The highest BCUT2D eigenvalue weighted by Gasteiger charge is 2.18. The number of likely N-dealkylation sites (N-methyl/N-ethyl adjacent to an activating group) is 1. The maximum Gasteiger partial charge on any atom is 0.129 e. The second kappa shape index (κ2) is 9.13. The van der Waals surface area contributed by atoms with E-state index in [0.29, 0.717) is 30.3 Å². The summed E-state index contributed by atoms with van der Waals surface area (Å²) in [5, 5.41) is 4.66. The molecule has 0 N–H and O–H groups in total. The fraction of sp³-hybridized carbons (Fsp3) is 0.286. The molecule has 1 unspecified atom stereocenters. The monoisotopic (exact) mass is 387 g/mol. The number of hydrogen-bond acceptors (Lipinski definition) is 3. The minimum absolute atomic E-state index is 0.195. The van der Waals surface area contributed by atoms with E-state index < -0.39 is 0 Å². The lowest BCUT2D eigenvalue weighted by Crippen LogP contribution is -2.24. The standard InChI is InChI=1S/C21H23ClFN3O/c1-25(15-17-8-9-18(22)14-19(17)23)12-13-27-21(16-6-4-3-5-7-16)20-10-11-24-26(20)2/h3-11,14,21H,12-13,15H2,1-2H3. The Kier molecular flexibility index (Phi) is 6.61. The van der Waals surface area contributed by atoms with Crippen LogP contribution in [0.2, 0.25) is 5.02 Å². The Bertz CT molecular complexity index is 869. The smallest absolute Gasteiger partial charge is 0.129 e. The van der Waals surface area contributed by atoms with Crippen LogP contribution in [0.4, 0.5) is 4.39 Å². The number of aromatic nitrogens is 2. The molecule has 0 saturated heterocycles. The Balaban J connectivity index is 1.61. The predicted molar refractivity (Wildman–Crippen MR) is 105 cm³/mol. The van der Waals surface area contributed by atoms with Gasteiger partial charge in [-0.1, -0.05) is 48.0 Å². The van der Waals surface area contributed by atoms with Crippen molar-refractivity contribution in [1.29, 1.82) is 0 Å². The van der Waals surface area contributed by atoms with Crippen LogP contribution in [0, 0.1) is 5.82 Å². The third kappa shape index (κ3) is 5.16. The van der Waals surface area contributed by atoms with Gasteiger partial charge in [-0.15, -0.1) is 0 Å². The first-order chi connectivity index (χ1) is 13.0. The quantitative estimate of drug-likeness (QED) is 0.572. The maximum absolute atomic E-state index is 14.0. The fourth-order valence-corrected chi connectivity index (χ4v) is 3.13. The van der Waals surface area contributed by atoms with E-state index >= 15 is 0 Å². The van der Waals surface area contributed by atoms with Gasteiger partial charge in [0.2, 0.25) is 0 Å². The van der Waals surface area contributed by atoms with Crippen molar-refractivity contribution in [2.45, 2.75) is 12.6 Å². The van der Waals surface area contributed by atoms with Crippen LogP contribution < -0.4 is 0 Å². The summed E-state index contributed by atoms with van der Waals surface area (Å²) >= 11 is 5.81. The van der Waals surface area contributed by atoms with Crippen molar-refractivity contribution < 1.29 is 9.13 Å². The summed E-state index contributed by atoms with van der Waals surface area (Å²) < 4.78 is 22.0. The van der Waals surface area contributed by atoms with Crippen LogP contribution in [0.3, 0.4) is 0 Å². The predicted octanol–water partition coefficient (Wildman–Crippen LogP) is 4.45. The van der Waals surface area contributed by atoms with Crippen LogP contribution in [0.15, 0.2) is 60.8 Å². The molecule has 0 bridgehead atoms. The maximum atomic E-state index is 14.0. The molecule has 6 heteroatoms. The summed E-state index contributed by atoms with van der Waals surface area (Å²) in [5.41, 5.74) is 2.69. The molecule has 142 valence electrons. The second-order valence-corrected chi connectivity index (χ2v) is 6.95. The first-order valence-corrected chi connectivity index (χ1v) is 9.19. The second-order valence-electron chi connectivity index (χ2n) is 6.51. The van der Waals surface area contributed by atoms with Crippen molar-refractivity contribution in [3.8, 4) is 0 Å². The third-order valence-electron chi connectivity index (χ3n) is 4.44. The van der Waals surface area contributed by atoms with Crippen molar-refractivity contribution in [3.63, 3.8) is 0 Å². The van der Waals surface area contributed by atoms with E-state index in [0.717, 1.165) is 11.3 Å². The Hall–Kier alpha value is -2.21. The molecule has 0 saturated carbocycles. The van der Waals surface area contributed by atoms with E-state index in [9.17, 15) is 4.39 Å². The largest absolute Gasteiger partial charge is 0.366 e. The van der Waals surface area contributed by atoms with Gasteiger partial charge < -0.3 is 4.74 Å². The normalized spacial score (nSPS) is 12.5. The average molecular weight is 388 g/mol. The Labute approximate surface area is 164 Å². The van der Waals surface area contributed by atoms with Gasteiger partial charge in [0.15, 0.2) is 0 Å². The molecule has 0 radical (unpaired) electrons. The van der Waals surface area contributed by atoms with E-state index in [1.54, 1.807) is 18.3 Å². The van der Waals surface area contributed by atoms with Crippen LogP contribution in [0.25, 0.3) is 0 Å². The molecule has 4 nitrogen and oxygen atoms in total. The molecule has 1 aromatic heterocycles. The molecule has 3 aromatic rings. The number of hydrogen-bond donors (Lipinski definition) is 0. The van der Waals surface area contributed by atoms with Crippen molar-refractivity contribution in [2.75, 3.05) is 20.2 Å². The molecule has 0 aliphatic carbocycles. The molecule has 0 fully saturated rings. The van der Waals surface area contributed by atoms with Crippen molar-refractivity contribution in [3.05, 3.63) is 88.5 Å². The molecule has 1 atom stereocenters. The molecule has 2 aromatic carbocycles. The van der Waals surface area contributed by atoms with Crippen LogP contribution >= 0.6 is 11.6 Å². The van der Waals surface area contributed by atoms with Gasteiger partial charge >= 0.3 is 0 Å². The van der Waals surface area contributed by atoms with Gasteiger partial charge in [0.25, 0.3) is 0 Å². The van der Waals surface area contributed by atoms with E-state index in [-0.39, 0.29) is 11.9 Å². The highest BCUT2D eigenvalue weighted by Crippen LogP contribution is 2.25. The minimum Gasteiger partial charge on any atom is -0.366 e. The molecule has 1 heterocycles. The van der Waals surface area contributed by atoms with Crippen molar-refractivity contribution >= 4 is 11.6 Å². The molecule has 0 aliphatic rings. The number of rotatable bonds is 8. The zero-order valence-corrected chi connectivity index (χ0v) is 16.2. The highest BCUT2D eigenvalue weighted by molar-refractivity contribution is 6.30. The van der Waals surface area contributed by atoms with Gasteiger partial charge in [0.05, 0.1) is 12.3 Å². The summed E-state index contributed by atoms with van der Waals surface area (Å²) in [6.07, 6.45) is 1.57. The van der Waals surface area contributed by atoms with Gasteiger partial charge in [0.1, 0.15) is 11.9 Å². The summed E-state index contributed by atoms with van der Waals surface area (Å²) in [6.45, 7) is 1.67. The summed E-state index contributed by atoms with van der Waals surface area (Å²) in [7, 11) is 3.85. The number of benzene rings is 2. The van der Waals surface area contributed by atoms with E-state index in [2.05, 4.69) is 5.10 Å². The topological polar surface area (TPSA) is 30.3 Å². The summed E-state index contributed by atoms with van der Waals surface area (Å²) in [6, 6.07) is 16.8. The van der Waals surface area contributed by atoms with Crippen LogP contribution in [-0.2, 0) is 18.3 Å². The van der Waals surface area contributed by atoms with Gasteiger partial charge in [-0.05, 0) is 30.8 Å². The lowest BCUT2D eigenvalue weighted by molar-refractivity contribution is 0.0588. The molecule has 27 heavy (non-hydrogen) atoms. The number of aryl methyl sites for hydroxylation is 1. The molecule has 0 aliphatic heterocycles. The van der Waals surface area contributed by atoms with Gasteiger partial charge in [-0.3, -0.25) is 9.58 Å². The van der Waals surface area contributed by atoms with E-state index in [4.69, 9.17) is 16.3 Å². The van der Waals surface area contributed by atoms with E-state index in [1.807, 2.05) is 60.1 Å². The minimum atomic E-state index is -0.285. The average Bonchev–Trinajstić information content (AvgIpc) is 3.07. The molecule has 3 rings (SSSR count). The van der Waals surface area contributed by atoms with Crippen LogP contribution in [0.1, 0.15) is 22.9 Å². The zero-order valence-electron chi connectivity index (χ0n) is 15.5. The first kappa shape index (κ1) is 19.5. The van der Waals surface area contributed by atoms with E-state index in [1.165, 1.54) is 6.07 Å². The molecule has 0 spiro atoms. The summed E-state index contributed by atoms with van der Waals surface area (Å²) in [4.78, 5) is 2.03. The molecular weight excluding hydrogens is 365 g/mol. The fourth-order valence-electron chi connectivity index (χ4n) is 2.97. The highest BCUT2D eigenvalue weighted by atomic mass is 35.5. The Morgan fingerprint density at radius 2 is 1.96 bits per heavy atom. The molecule has 0 amide bonds. The SMILES string of the molecule is CN(CCOC(c1ccccc1)c1ccnn1C)Cc1ccc(Cl)cc1F. The van der Waals surface area contributed by atoms with Crippen molar-refractivity contribution in [1.82, 2.24) is 14.7 Å². The number of nitrogens with zero attached hydrogens (tertiary/aromatic N) is 3. The lowest BCUT2D eigenvalue weighted by atomic mass is 10.1. The Morgan fingerprint density at radius 1 is 1.19 bits per heavy atom. The van der Waals surface area contributed by atoms with Gasteiger partial charge in [0, 0.05) is 36.9 Å². The molecular formula is C21H23ClFN3O. The Morgan fingerprint density at radius 3 is 2.63 bits per heavy atom. The van der Waals surface area contributed by atoms with Crippen molar-refractivity contribution in [2.24, 2.45) is 7.05 Å². The lowest BCUT2D eigenvalue weighted by Gasteiger charge is -2.22. The third-order valence-corrected chi connectivity index (χ3v) is 4.68. The summed E-state index contributed by atoms with van der Waals surface area (Å²) in [5.74, 6) is -0.285. The van der Waals surface area contributed by atoms with Gasteiger partial charge in [-0.2, -0.15) is 5.10 Å². The number of ether oxygens (including phenoxy) is 1. The first-order valence-electron chi connectivity index (χ1n) is 8.81.